The van der Waals surface area contributed by atoms with Crippen LogP contribution in [0.2, 0.25) is 0 Å². The molecule has 1 rings (SSSR count). The maximum absolute atomic E-state index is 12.7. The molecule has 0 unspecified atom stereocenters. The molecule has 0 fully saturated rings. The Morgan fingerprint density at radius 2 is 2.00 bits per heavy atom. The summed E-state index contributed by atoms with van der Waals surface area (Å²) >= 11 is 5.66. The summed E-state index contributed by atoms with van der Waals surface area (Å²) in [5, 5.41) is 0. The summed E-state index contributed by atoms with van der Waals surface area (Å²) in [6, 6.07) is 5.46. The van der Waals surface area contributed by atoms with Crippen molar-refractivity contribution in [1.82, 2.24) is 4.90 Å². The largest absolute Gasteiger partial charge is 0.416 e. The van der Waals surface area contributed by atoms with Gasteiger partial charge in [0, 0.05) is 12.4 Å². The van der Waals surface area contributed by atoms with E-state index in [1.54, 1.807) is 6.07 Å². The van der Waals surface area contributed by atoms with Crippen molar-refractivity contribution in [1.29, 1.82) is 0 Å². The molecule has 0 amide bonds. The first-order valence-electron chi connectivity index (χ1n) is 6.42. The zero-order valence-electron chi connectivity index (χ0n) is 11.7. The number of allylic oxidation sites excluding steroid dienone is 1. The Hall–Kier alpha value is -1.00. The summed E-state index contributed by atoms with van der Waals surface area (Å²) in [5.41, 5.74) is 0.911. The normalized spacial score (nSPS) is 13.1. The number of rotatable bonds is 6. The Morgan fingerprint density at radius 1 is 1.30 bits per heavy atom. The zero-order valence-corrected chi connectivity index (χ0v) is 12.4. The van der Waals surface area contributed by atoms with Crippen LogP contribution in [0.3, 0.4) is 0 Å². The van der Waals surface area contributed by atoms with Gasteiger partial charge in [-0.3, -0.25) is 0 Å². The number of nitrogens with zero attached hydrogens (tertiary/aromatic N) is 1. The topological polar surface area (TPSA) is 3.24 Å². The van der Waals surface area contributed by atoms with E-state index in [4.69, 9.17) is 11.6 Å². The monoisotopic (exact) mass is 305 g/mol. The Balaban J connectivity index is 3.01. The van der Waals surface area contributed by atoms with E-state index in [1.165, 1.54) is 12.1 Å². The fourth-order valence-electron chi connectivity index (χ4n) is 1.83. The van der Waals surface area contributed by atoms with Gasteiger partial charge in [0.15, 0.2) is 0 Å². The van der Waals surface area contributed by atoms with Gasteiger partial charge in [-0.2, -0.15) is 13.2 Å². The van der Waals surface area contributed by atoms with Gasteiger partial charge in [-0.1, -0.05) is 18.2 Å². The van der Waals surface area contributed by atoms with E-state index in [0.717, 1.165) is 18.2 Å². The van der Waals surface area contributed by atoms with Crippen molar-refractivity contribution >= 4 is 17.2 Å². The van der Waals surface area contributed by atoms with Crippen LogP contribution in [0.5, 0.6) is 0 Å². The summed E-state index contributed by atoms with van der Waals surface area (Å²) in [7, 11) is 3.87. The van der Waals surface area contributed by atoms with Gasteiger partial charge in [0.2, 0.25) is 0 Å². The second-order valence-electron chi connectivity index (χ2n) is 4.84. The van der Waals surface area contributed by atoms with Crippen molar-refractivity contribution in [2.75, 3.05) is 26.5 Å². The van der Waals surface area contributed by atoms with Gasteiger partial charge >= 0.3 is 6.18 Å². The summed E-state index contributed by atoms with van der Waals surface area (Å²) in [6.07, 6.45) is -1.03. The number of hydrogen-bond acceptors (Lipinski definition) is 1. The van der Waals surface area contributed by atoms with Crippen molar-refractivity contribution in [2.24, 2.45) is 0 Å². The number of alkyl halides is 4. The van der Waals surface area contributed by atoms with Gasteiger partial charge in [-0.15, -0.1) is 11.6 Å². The highest BCUT2D eigenvalue weighted by Gasteiger charge is 2.30. The SMILES string of the molecule is CN(C)CCC(=CCCCl)c1cccc(C(F)(F)F)c1. The zero-order chi connectivity index (χ0) is 15.2. The molecule has 1 aromatic carbocycles. The number of benzene rings is 1. The third kappa shape index (κ3) is 5.55. The molecule has 20 heavy (non-hydrogen) atoms. The molecule has 0 aliphatic rings. The van der Waals surface area contributed by atoms with Crippen LogP contribution in [0, 0.1) is 0 Å². The Bertz CT molecular complexity index is 453. The minimum atomic E-state index is -4.31. The van der Waals surface area contributed by atoms with Crippen molar-refractivity contribution in [3.63, 3.8) is 0 Å². The lowest BCUT2D eigenvalue weighted by Crippen LogP contribution is -2.13. The lowest BCUT2D eigenvalue weighted by atomic mass is 9.99. The molecule has 0 spiro atoms. The third-order valence-corrected chi connectivity index (χ3v) is 3.11. The Labute approximate surface area is 123 Å². The van der Waals surface area contributed by atoms with E-state index < -0.39 is 11.7 Å². The molecule has 0 heterocycles. The van der Waals surface area contributed by atoms with E-state index in [2.05, 4.69) is 0 Å². The molecule has 112 valence electrons. The highest BCUT2D eigenvalue weighted by atomic mass is 35.5. The first-order chi connectivity index (χ1) is 9.34. The van der Waals surface area contributed by atoms with E-state index in [-0.39, 0.29) is 0 Å². The molecular weight excluding hydrogens is 287 g/mol. The summed E-state index contributed by atoms with van der Waals surface area (Å²) in [4.78, 5) is 2.00. The Kier molecular flexibility index (Phi) is 6.56. The van der Waals surface area contributed by atoms with E-state index in [9.17, 15) is 13.2 Å². The van der Waals surface area contributed by atoms with Crippen LogP contribution in [0.4, 0.5) is 13.2 Å². The van der Waals surface area contributed by atoms with E-state index in [1.807, 2.05) is 25.1 Å². The van der Waals surface area contributed by atoms with Crippen LogP contribution in [-0.2, 0) is 6.18 Å². The fourth-order valence-corrected chi connectivity index (χ4v) is 1.94. The molecular formula is C15H19ClF3N. The van der Waals surface area contributed by atoms with Crippen molar-refractivity contribution in [3.05, 3.63) is 41.5 Å². The summed E-state index contributed by atoms with van der Waals surface area (Å²) < 4.78 is 38.2. The van der Waals surface area contributed by atoms with E-state index in [0.29, 0.717) is 24.3 Å². The first-order valence-corrected chi connectivity index (χ1v) is 6.95. The van der Waals surface area contributed by atoms with Crippen LogP contribution >= 0.6 is 11.6 Å². The molecule has 0 aliphatic carbocycles. The van der Waals surface area contributed by atoms with Crippen molar-refractivity contribution in [2.45, 2.75) is 19.0 Å². The molecule has 0 bridgehead atoms. The maximum Gasteiger partial charge on any atom is 0.416 e. The fraction of sp³-hybridized carbons (Fsp3) is 0.467. The van der Waals surface area contributed by atoms with Gasteiger partial charge in [0.25, 0.3) is 0 Å². The molecule has 5 heteroatoms. The first kappa shape index (κ1) is 17.1. The number of halogens is 4. The molecule has 1 aromatic rings. The second kappa shape index (κ2) is 7.70. The van der Waals surface area contributed by atoms with Crippen LogP contribution in [0.25, 0.3) is 5.57 Å². The summed E-state index contributed by atoms with van der Waals surface area (Å²) in [5.74, 6) is 0.463. The predicted molar refractivity (Wildman–Crippen MR) is 77.9 cm³/mol. The quantitative estimate of drug-likeness (QED) is 0.690. The van der Waals surface area contributed by atoms with Gasteiger partial charge in [0.1, 0.15) is 0 Å². The highest BCUT2D eigenvalue weighted by molar-refractivity contribution is 6.17. The average molecular weight is 306 g/mol. The smallest absolute Gasteiger partial charge is 0.309 e. The number of hydrogen-bond donors (Lipinski definition) is 0. The molecule has 0 radical (unpaired) electrons. The van der Waals surface area contributed by atoms with Crippen LogP contribution in [0.1, 0.15) is 24.0 Å². The van der Waals surface area contributed by atoms with Crippen LogP contribution in [-0.4, -0.2) is 31.4 Å². The molecule has 0 atom stereocenters. The van der Waals surface area contributed by atoms with Gasteiger partial charge in [0.05, 0.1) is 5.56 Å². The van der Waals surface area contributed by atoms with E-state index >= 15 is 0 Å². The molecule has 0 saturated carbocycles. The minimum Gasteiger partial charge on any atom is -0.309 e. The Morgan fingerprint density at radius 3 is 2.55 bits per heavy atom. The highest BCUT2D eigenvalue weighted by Crippen LogP contribution is 2.31. The molecule has 0 aromatic heterocycles. The second-order valence-corrected chi connectivity index (χ2v) is 5.22. The minimum absolute atomic E-state index is 0.463. The summed E-state index contributed by atoms with van der Waals surface area (Å²) in [6.45, 7) is 0.782. The standard InChI is InChI=1S/C15H19ClF3N/c1-20(2)10-8-12(6-4-9-16)13-5-3-7-14(11-13)15(17,18)19/h3,5-7,11H,4,8-10H2,1-2H3. The molecule has 0 saturated heterocycles. The average Bonchev–Trinajstić information content (AvgIpc) is 2.38. The molecule has 0 N–H and O–H groups in total. The maximum atomic E-state index is 12.7. The van der Waals surface area contributed by atoms with Crippen molar-refractivity contribution in [3.8, 4) is 0 Å². The molecule has 1 nitrogen and oxygen atoms in total. The molecule has 0 aliphatic heterocycles. The van der Waals surface area contributed by atoms with Gasteiger partial charge < -0.3 is 4.90 Å². The van der Waals surface area contributed by atoms with Crippen LogP contribution < -0.4 is 0 Å². The van der Waals surface area contributed by atoms with Gasteiger partial charge in [-0.05, 0) is 50.2 Å². The predicted octanol–water partition coefficient (Wildman–Crippen LogP) is 4.67. The van der Waals surface area contributed by atoms with Crippen molar-refractivity contribution < 1.29 is 13.2 Å². The van der Waals surface area contributed by atoms with Crippen LogP contribution in [0.15, 0.2) is 30.3 Å². The third-order valence-electron chi connectivity index (χ3n) is 2.89. The lowest BCUT2D eigenvalue weighted by Gasteiger charge is -2.14. The lowest BCUT2D eigenvalue weighted by molar-refractivity contribution is -0.137. The van der Waals surface area contributed by atoms with Gasteiger partial charge in [-0.25, -0.2) is 0 Å².